The van der Waals surface area contributed by atoms with E-state index in [9.17, 15) is 24.3 Å². The molecule has 164 valence electrons. The molecule has 4 aliphatic rings. The maximum atomic E-state index is 12.6. The van der Waals surface area contributed by atoms with Gasteiger partial charge in [0.2, 0.25) is 0 Å². The van der Waals surface area contributed by atoms with Crippen molar-refractivity contribution in [1.29, 1.82) is 0 Å². The van der Waals surface area contributed by atoms with Crippen LogP contribution in [0.25, 0.3) is 0 Å². The molecule has 1 heterocycles. The standard InChI is InChI=1S/C22H28O8/c1-11(2)20(26)30-22(7-4-3-5-8-22)9-6-14(23)28-17-12-10-13-16(15(12)19(24)25)21(27)29-18(13)17/h12-13,15-18H,1,3-10H2,2H3,(H,24,25). The van der Waals surface area contributed by atoms with Crippen LogP contribution in [0.5, 0.6) is 0 Å². The second kappa shape index (κ2) is 7.71. The predicted octanol–water partition coefficient (Wildman–Crippen LogP) is 2.39. The first-order chi connectivity index (χ1) is 14.2. The van der Waals surface area contributed by atoms with Gasteiger partial charge in [0, 0.05) is 23.8 Å². The van der Waals surface area contributed by atoms with Crippen LogP contribution in [-0.4, -0.2) is 46.8 Å². The molecule has 8 heteroatoms. The third-order valence-corrected chi connectivity index (χ3v) is 7.31. The van der Waals surface area contributed by atoms with Crippen molar-refractivity contribution in [3.05, 3.63) is 12.2 Å². The van der Waals surface area contributed by atoms with E-state index in [1.807, 2.05) is 0 Å². The molecule has 3 aliphatic carbocycles. The van der Waals surface area contributed by atoms with Crippen LogP contribution in [0.1, 0.15) is 58.3 Å². The zero-order valence-corrected chi connectivity index (χ0v) is 17.1. The molecule has 4 rings (SSSR count). The van der Waals surface area contributed by atoms with Gasteiger partial charge < -0.3 is 19.3 Å². The van der Waals surface area contributed by atoms with E-state index in [1.165, 1.54) is 0 Å². The van der Waals surface area contributed by atoms with Crippen LogP contribution in [-0.2, 0) is 33.4 Å². The number of hydrogen-bond acceptors (Lipinski definition) is 7. The van der Waals surface area contributed by atoms with E-state index in [1.54, 1.807) is 6.92 Å². The Balaban J connectivity index is 1.39. The lowest BCUT2D eigenvalue weighted by Crippen LogP contribution is -2.43. The molecule has 1 aliphatic heterocycles. The topological polar surface area (TPSA) is 116 Å². The van der Waals surface area contributed by atoms with Crippen LogP contribution in [0, 0.1) is 23.7 Å². The van der Waals surface area contributed by atoms with Crippen molar-refractivity contribution in [2.75, 3.05) is 0 Å². The molecule has 0 amide bonds. The maximum absolute atomic E-state index is 12.6. The predicted molar refractivity (Wildman–Crippen MR) is 102 cm³/mol. The third-order valence-electron chi connectivity index (χ3n) is 7.31. The lowest BCUT2D eigenvalue weighted by Gasteiger charge is -2.37. The summed E-state index contributed by atoms with van der Waals surface area (Å²) in [5.41, 5.74) is -0.377. The fourth-order valence-electron chi connectivity index (χ4n) is 5.91. The van der Waals surface area contributed by atoms with Gasteiger partial charge >= 0.3 is 23.9 Å². The first-order valence-corrected chi connectivity index (χ1v) is 10.7. The van der Waals surface area contributed by atoms with Gasteiger partial charge in [-0.05, 0) is 45.4 Å². The van der Waals surface area contributed by atoms with Crippen molar-refractivity contribution in [3.8, 4) is 0 Å². The second-order valence-electron chi connectivity index (χ2n) is 9.22. The highest BCUT2D eigenvalue weighted by Gasteiger charge is 2.69. The van der Waals surface area contributed by atoms with E-state index < -0.39 is 59.4 Å². The minimum Gasteiger partial charge on any atom is -0.481 e. The highest BCUT2D eigenvalue weighted by Crippen LogP contribution is 2.58. The number of carbonyl (C=O) groups excluding carboxylic acids is 3. The number of aliphatic carboxylic acids is 1. The monoisotopic (exact) mass is 420 g/mol. The minimum absolute atomic E-state index is 0.0548. The number of carboxylic acid groups (broad SMARTS) is 1. The molecule has 2 bridgehead atoms. The summed E-state index contributed by atoms with van der Waals surface area (Å²) in [6.45, 7) is 5.23. The van der Waals surface area contributed by atoms with E-state index >= 15 is 0 Å². The van der Waals surface area contributed by atoms with Crippen LogP contribution >= 0.6 is 0 Å². The molecular weight excluding hydrogens is 392 g/mol. The number of rotatable bonds is 7. The minimum atomic E-state index is -1.04. The summed E-state index contributed by atoms with van der Waals surface area (Å²) in [7, 11) is 0. The molecule has 0 radical (unpaired) electrons. The number of carbonyl (C=O) groups is 4. The van der Waals surface area contributed by atoms with Crippen LogP contribution in [0.3, 0.4) is 0 Å². The van der Waals surface area contributed by atoms with Crippen molar-refractivity contribution in [1.82, 2.24) is 0 Å². The molecule has 8 nitrogen and oxygen atoms in total. The zero-order chi connectivity index (χ0) is 21.6. The molecule has 30 heavy (non-hydrogen) atoms. The third kappa shape index (κ3) is 3.50. The van der Waals surface area contributed by atoms with Gasteiger partial charge in [-0.2, -0.15) is 0 Å². The molecule has 1 N–H and O–H groups in total. The Kier molecular flexibility index (Phi) is 5.36. The Morgan fingerprint density at radius 2 is 1.90 bits per heavy atom. The molecule has 0 spiro atoms. The lowest BCUT2D eigenvalue weighted by atomic mass is 9.78. The van der Waals surface area contributed by atoms with Gasteiger partial charge in [0.15, 0.2) is 0 Å². The van der Waals surface area contributed by atoms with Crippen molar-refractivity contribution >= 4 is 23.9 Å². The molecule has 4 fully saturated rings. The molecule has 3 saturated carbocycles. The maximum Gasteiger partial charge on any atom is 0.333 e. The average molecular weight is 420 g/mol. The normalized spacial score (nSPS) is 35.6. The second-order valence-corrected chi connectivity index (χ2v) is 9.22. The Hall–Kier alpha value is -2.38. The number of carboxylic acids is 1. The Bertz CT molecular complexity index is 780. The highest BCUT2D eigenvalue weighted by molar-refractivity contribution is 5.87. The van der Waals surface area contributed by atoms with Gasteiger partial charge in [-0.15, -0.1) is 0 Å². The average Bonchev–Trinajstić information content (AvgIpc) is 3.31. The Morgan fingerprint density at radius 1 is 1.20 bits per heavy atom. The van der Waals surface area contributed by atoms with E-state index in [2.05, 4.69) is 6.58 Å². The Morgan fingerprint density at radius 3 is 2.53 bits per heavy atom. The number of fused-ring (bicyclic) bond motifs is 1. The molecule has 0 aromatic rings. The van der Waals surface area contributed by atoms with Crippen LogP contribution in [0.15, 0.2) is 12.2 Å². The summed E-state index contributed by atoms with van der Waals surface area (Å²) in [4.78, 5) is 48.5. The molecule has 0 aromatic carbocycles. The van der Waals surface area contributed by atoms with E-state index in [4.69, 9.17) is 14.2 Å². The number of hydrogen-bond donors (Lipinski definition) is 1. The number of ether oxygens (including phenoxy) is 3. The summed E-state index contributed by atoms with van der Waals surface area (Å²) in [5.74, 6) is -4.55. The van der Waals surface area contributed by atoms with E-state index in [-0.39, 0.29) is 12.3 Å². The van der Waals surface area contributed by atoms with Gasteiger partial charge in [0.05, 0.1) is 11.8 Å². The molecule has 0 aromatic heterocycles. The van der Waals surface area contributed by atoms with Gasteiger partial charge in [0.25, 0.3) is 0 Å². The summed E-state index contributed by atoms with van der Waals surface area (Å²) < 4.78 is 16.8. The smallest absolute Gasteiger partial charge is 0.333 e. The largest absolute Gasteiger partial charge is 0.481 e. The zero-order valence-electron chi connectivity index (χ0n) is 17.1. The van der Waals surface area contributed by atoms with Gasteiger partial charge in [-0.1, -0.05) is 13.0 Å². The van der Waals surface area contributed by atoms with Crippen LogP contribution < -0.4 is 0 Å². The summed E-state index contributed by atoms with van der Waals surface area (Å²) in [6.07, 6.45) is 3.95. The first-order valence-electron chi connectivity index (χ1n) is 10.7. The van der Waals surface area contributed by atoms with E-state index in [0.29, 0.717) is 31.3 Å². The van der Waals surface area contributed by atoms with Crippen LogP contribution in [0.2, 0.25) is 0 Å². The SMILES string of the molecule is C=C(C)C(=O)OC1(CCC(=O)OC2C3CC4C2OC(=O)C4C3C(=O)O)CCCCC1. The Labute approximate surface area is 174 Å². The summed E-state index contributed by atoms with van der Waals surface area (Å²) >= 11 is 0. The fourth-order valence-corrected chi connectivity index (χ4v) is 5.91. The first kappa shape index (κ1) is 20.9. The summed E-state index contributed by atoms with van der Waals surface area (Å²) in [6, 6.07) is 0. The van der Waals surface area contributed by atoms with Crippen molar-refractivity contribution in [2.24, 2.45) is 23.7 Å². The van der Waals surface area contributed by atoms with Crippen LogP contribution in [0.4, 0.5) is 0 Å². The quantitative estimate of drug-likeness (QED) is 0.379. The van der Waals surface area contributed by atoms with Crippen molar-refractivity contribution in [3.63, 3.8) is 0 Å². The highest BCUT2D eigenvalue weighted by atomic mass is 16.6. The molecule has 1 saturated heterocycles. The fraction of sp³-hybridized carbons (Fsp3) is 0.727. The van der Waals surface area contributed by atoms with Gasteiger partial charge in [-0.25, -0.2) is 4.79 Å². The van der Waals surface area contributed by atoms with Crippen molar-refractivity contribution in [2.45, 2.75) is 76.1 Å². The molecule has 6 atom stereocenters. The molecule has 6 unspecified atom stereocenters. The molecular formula is C22H28O8. The lowest BCUT2D eigenvalue weighted by molar-refractivity contribution is -0.169. The van der Waals surface area contributed by atoms with E-state index in [0.717, 1.165) is 19.3 Å². The number of esters is 3. The van der Waals surface area contributed by atoms with Crippen molar-refractivity contribution < 1.29 is 38.5 Å². The van der Waals surface area contributed by atoms with Gasteiger partial charge in [0.1, 0.15) is 17.8 Å². The summed E-state index contributed by atoms with van der Waals surface area (Å²) in [5, 5.41) is 9.56. The van der Waals surface area contributed by atoms with Gasteiger partial charge in [-0.3, -0.25) is 14.4 Å².